The molecule has 0 spiro atoms. The van der Waals surface area contributed by atoms with Crippen LogP contribution in [0.1, 0.15) is 353 Å². The van der Waals surface area contributed by atoms with Crippen molar-refractivity contribution < 1.29 is 37.9 Å². The fourth-order valence-corrected chi connectivity index (χ4v) is 19.1. The largest absolute Gasteiger partial charge is 0.434 e. The summed E-state index contributed by atoms with van der Waals surface area (Å²) in [5.74, 6) is 4.87. The second-order valence-electron chi connectivity index (χ2n) is 34.5. The van der Waals surface area contributed by atoms with Crippen molar-refractivity contribution in [3.8, 4) is 93.0 Å². The predicted molar refractivity (Wildman–Crippen MR) is 479 cm³/mol. The lowest BCUT2D eigenvalue weighted by atomic mass is 9.76. The first-order valence-corrected chi connectivity index (χ1v) is 46.5. The Morgan fingerprint density at radius 3 is 0.450 bits per heavy atom. The first kappa shape index (κ1) is 81.9. The van der Waals surface area contributed by atoms with Crippen molar-refractivity contribution in [1.82, 2.24) is 39.9 Å². The van der Waals surface area contributed by atoms with Crippen LogP contribution in [0.2, 0.25) is 0 Å². The van der Waals surface area contributed by atoms with Gasteiger partial charge in [0.05, 0.1) is 44.1 Å². The zero-order chi connectivity index (χ0) is 81.4. The number of para-hydroxylation sites is 8. The number of ether oxygens (including phenoxy) is 8. The van der Waals surface area contributed by atoms with Crippen LogP contribution in [0, 0.1) is 0 Å². The second kappa shape index (κ2) is 39.8. The number of nitrogens with zero attached hydrogens (tertiary/aromatic N) is 8. The smallest absolute Gasteiger partial charge is 0.284 e. The zero-order valence-electron chi connectivity index (χ0n) is 71.3. The number of fused-ring (bicyclic) bond motifs is 8. The molecule has 0 atom stereocenters. The maximum atomic E-state index is 7.65. The van der Waals surface area contributed by atoms with Gasteiger partial charge >= 0.3 is 0 Å². The molecule has 16 heteroatoms. The van der Waals surface area contributed by atoms with E-state index in [4.69, 9.17) is 77.8 Å². The van der Waals surface area contributed by atoms with Crippen molar-refractivity contribution in [2.75, 3.05) is 0 Å². The van der Waals surface area contributed by atoms with Gasteiger partial charge in [-0.2, -0.15) is 0 Å². The fourth-order valence-electron chi connectivity index (χ4n) is 19.1. The molecule has 16 nitrogen and oxygen atoms in total. The lowest BCUT2D eigenvalue weighted by Crippen LogP contribution is -2.13. The van der Waals surface area contributed by atoms with Crippen LogP contribution in [-0.2, 0) is 0 Å². The van der Waals surface area contributed by atoms with E-state index in [1.54, 1.807) is 0 Å². The monoisotopic (exact) mass is 1610 g/mol. The highest BCUT2D eigenvalue weighted by molar-refractivity contribution is 5.80. The molecule has 0 saturated carbocycles. The van der Waals surface area contributed by atoms with Crippen molar-refractivity contribution in [2.45, 2.75) is 308 Å². The van der Waals surface area contributed by atoms with Gasteiger partial charge in [0, 0.05) is 92.4 Å². The Hall–Kier alpha value is -10.5. The van der Waals surface area contributed by atoms with E-state index in [-0.39, 0.29) is 70.7 Å². The maximum Gasteiger partial charge on any atom is 0.284 e. The van der Waals surface area contributed by atoms with Gasteiger partial charge < -0.3 is 37.9 Å². The molecular formula is C104H120N8O8. The van der Waals surface area contributed by atoms with Crippen LogP contribution in [0.4, 0.5) is 0 Å². The third kappa shape index (κ3) is 19.0. The summed E-state index contributed by atoms with van der Waals surface area (Å²) >= 11 is 0. The van der Waals surface area contributed by atoms with E-state index in [0.717, 1.165) is 147 Å². The van der Waals surface area contributed by atoms with E-state index in [0.29, 0.717) is 90.1 Å². The number of unbranched alkanes of at least 4 members (excludes halogenated alkanes) is 32. The van der Waals surface area contributed by atoms with E-state index in [9.17, 15) is 0 Å². The molecule has 4 aromatic heterocycles. The van der Waals surface area contributed by atoms with Gasteiger partial charge in [0.2, 0.25) is 0 Å². The molecule has 5 aliphatic rings. The molecule has 0 radical (unpaired) electrons. The predicted octanol–water partition coefficient (Wildman–Crippen LogP) is 31.6. The van der Waals surface area contributed by atoms with Gasteiger partial charge in [0.1, 0.15) is 46.0 Å². The van der Waals surface area contributed by atoms with Crippen LogP contribution in [0.5, 0.6) is 93.0 Å². The molecule has 0 saturated heterocycles. The Kier molecular flexibility index (Phi) is 27.2. The minimum Gasteiger partial charge on any atom is -0.434 e. The van der Waals surface area contributed by atoms with Gasteiger partial charge in [-0.1, -0.05) is 307 Å². The SMILES string of the molecule is CCCCCCCCCCCC1c2cc3c4cc2Oc2nc5ccccc5nc2Oc2cc5c(cc21)C(CCCCCCCCCCC)c1cc2c(cc1Oc1nc6ccccc6nc1O5)Oc1nc5ccccc5nc1Oc1cc(c(cc1C2CCCCCCCCCCC)C3CCCCCCCCCCC)Oc1nc2ccccc2nc1O4. The van der Waals surface area contributed by atoms with Crippen molar-refractivity contribution in [3.63, 3.8) is 0 Å². The van der Waals surface area contributed by atoms with E-state index in [1.165, 1.54) is 154 Å². The average Bonchev–Trinajstić information content (AvgIpc) is 1.11. The summed E-state index contributed by atoms with van der Waals surface area (Å²) < 4.78 is 61.2. The van der Waals surface area contributed by atoms with Gasteiger partial charge in [-0.25, -0.2) is 39.9 Å². The van der Waals surface area contributed by atoms with Gasteiger partial charge in [0.15, 0.2) is 0 Å². The van der Waals surface area contributed by atoms with Gasteiger partial charge in [-0.3, -0.25) is 0 Å². The molecule has 624 valence electrons. The molecule has 12 aromatic rings. The summed E-state index contributed by atoms with van der Waals surface area (Å²) in [5.41, 5.74) is 13.1. The van der Waals surface area contributed by atoms with E-state index >= 15 is 0 Å². The number of aromatic nitrogens is 8. The average molecular weight is 1610 g/mol. The molecule has 8 heterocycles. The van der Waals surface area contributed by atoms with Crippen LogP contribution in [0.15, 0.2) is 146 Å². The van der Waals surface area contributed by atoms with Crippen LogP contribution in [0.25, 0.3) is 44.1 Å². The van der Waals surface area contributed by atoms with Crippen LogP contribution >= 0.6 is 0 Å². The number of hydrogen-bond acceptors (Lipinski definition) is 16. The quantitative estimate of drug-likeness (QED) is 0.0331. The minimum atomic E-state index is -0.353. The molecule has 0 N–H and O–H groups in total. The summed E-state index contributed by atoms with van der Waals surface area (Å²) in [5, 5.41) is 0. The third-order valence-electron chi connectivity index (χ3n) is 25.6. The van der Waals surface area contributed by atoms with Gasteiger partial charge in [-0.15, -0.1) is 0 Å². The number of benzene rings is 8. The van der Waals surface area contributed by atoms with Crippen molar-refractivity contribution in [1.29, 1.82) is 0 Å². The number of hydrogen-bond donors (Lipinski definition) is 0. The normalized spacial score (nSPS) is 15.7. The third-order valence-corrected chi connectivity index (χ3v) is 25.6. The first-order chi connectivity index (χ1) is 59.3. The Morgan fingerprint density at radius 1 is 0.175 bits per heavy atom. The Morgan fingerprint density at radius 2 is 0.308 bits per heavy atom. The van der Waals surface area contributed by atoms with Gasteiger partial charge in [0.25, 0.3) is 47.0 Å². The summed E-state index contributed by atoms with van der Waals surface area (Å²) in [6.45, 7) is 9.19. The summed E-state index contributed by atoms with van der Waals surface area (Å²) in [6, 6.07) is 50.0. The lowest BCUT2D eigenvalue weighted by Gasteiger charge is -2.30. The molecule has 0 fully saturated rings. The van der Waals surface area contributed by atoms with Crippen molar-refractivity contribution in [2.24, 2.45) is 0 Å². The zero-order valence-corrected chi connectivity index (χ0v) is 71.3. The summed E-state index contributed by atoms with van der Waals surface area (Å²) in [7, 11) is 0. The van der Waals surface area contributed by atoms with Crippen LogP contribution < -0.4 is 37.9 Å². The van der Waals surface area contributed by atoms with Crippen molar-refractivity contribution >= 4 is 44.1 Å². The first-order valence-electron chi connectivity index (χ1n) is 46.5. The number of rotatable bonds is 40. The summed E-state index contributed by atoms with van der Waals surface area (Å²) in [4.78, 5) is 43.1. The van der Waals surface area contributed by atoms with E-state index in [2.05, 4.69) is 76.2 Å². The van der Waals surface area contributed by atoms with E-state index in [1.807, 2.05) is 97.1 Å². The van der Waals surface area contributed by atoms with Crippen LogP contribution in [0.3, 0.4) is 0 Å². The topological polar surface area (TPSA) is 177 Å². The Labute approximate surface area is 709 Å². The molecule has 4 aliphatic heterocycles. The molecule has 0 amide bonds. The van der Waals surface area contributed by atoms with Gasteiger partial charge in [-0.05, 0) is 98.5 Å². The second-order valence-corrected chi connectivity index (χ2v) is 34.5. The molecule has 8 bridgehead atoms. The highest BCUT2D eigenvalue weighted by Crippen LogP contribution is 2.60. The molecule has 8 aromatic carbocycles. The maximum absolute atomic E-state index is 7.65. The minimum absolute atomic E-state index is 0.212. The van der Waals surface area contributed by atoms with Crippen LogP contribution in [-0.4, -0.2) is 39.9 Å². The fraction of sp³-hybridized carbons (Fsp3) is 0.462. The molecule has 0 unspecified atom stereocenters. The standard InChI is InChI=1S/C104H120N8O8/c1-5-9-13-17-21-25-29-33-37-49-69-73-61-75-70(50-38-34-30-26-22-18-14-10-6-2)77-63-79-72(52-40-36-32-28-24-20-16-12-8-4)80-64-78-71(51-39-35-31-27-23-19-15-11-7-3)76-62-74(69)90-66-92(76)116-100-102(110-86-58-46-44-56-84(86)108-100)118-94(78)68-96(80)120-104-103(111-87-59-47-48-60-88(87)112-104)119-95(79)67-93(77)117-101-99(107-83-55-43-45-57-85(83)109-101)115-91(75)65-89(73)113-97-98(114-90)106-82-54-42-41-53-81(82)105-97/h41-48,53-72H,5-40,49-52H2,1-4H3. The molecule has 1 aliphatic carbocycles. The lowest BCUT2D eigenvalue weighted by molar-refractivity contribution is 0.377. The Balaban J connectivity index is 0.965. The Bertz CT molecular complexity index is 4590. The highest BCUT2D eigenvalue weighted by Gasteiger charge is 2.40. The molecule has 120 heavy (non-hydrogen) atoms. The highest BCUT2D eigenvalue weighted by atomic mass is 16.6. The molecule has 17 rings (SSSR count). The van der Waals surface area contributed by atoms with Crippen molar-refractivity contribution in [3.05, 3.63) is 190 Å². The van der Waals surface area contributed by atoms with E-state index < -0.39 is 0 Å². The summed E-state index contributed by atoms with van der Waals surface area (Å²) in [6.07, 6.45) is 45.2. The molecular weight excluding hydrogens is 1490 g/mol.